The molecule has 2 N–H and O–H groups in total. The number of amides is 1. The number of carbonyl (C=O) groups is 1. The van der Waals surface area contributed by atoms with Gasteiger partial charge in [-0.1, -0.05) is 11.6 Å². The summed E-state index contributed by atoms with van der Waals surface area (Å²) in [5.41, 5.74) is -0.796. The molecule has 1 aliphatic carbocycles. The zero-order chi connectivity index (χ0) is 17.5. The van der Waals surface area contributed by atoms with Gasteiger partial charge in [0.1, 0.15) is 11.4 Å². The average molecular weight is 372 g/mol. The third-order valence-corrected chi connectivity index (χ3v) is 7.00. The first-order valence-corrected chi connectivity index (χ1v) is 9.35. The standard InChI is InChI=1S/C15H15ClFN3O3S/c16-11-5-9(17)1-2-13(11)24(22,23)10-6-12(19-7-10)14(21)20-15(8-18)3-4-15/h1-2,5,10,12,19H,3-4,6-7H2,(H,20,21). The van der Waals surface area contributed by atoms with Crippen molar-refractivity contribution < 1.29 is 17.6 Å². The molecule has 0 bridgehead atoms. The van der Waals surface area contributed by atoms with Crippen LogP contribution in [-0.2, 0) is 14.6 Å². The molecule has 128 valence electrons. The van der Waals surface area contributed by atoms with Crippen LogP contribution in [0.25, 0.3) is 0 Å². The number of hydrogen-bond donors (Lipinski definition) is 2. The van der Waals surface area contributed by atoms with Crippen LogP contribution < -0.4 is 10.6 Å². The van der Waals surface area contributed by atoms with Crippen molar-refractivity contribution in [3.8, 4) is 6.07 Å². The van der Waals surface area contributed by atoms with Crippen LogP contribution in [0.2, 0.25) is 5.02 Å². The highest BCUT2D eigenvalue weighted by Gasteiger charge is 2.47. The minimum Gasteiger partial charge on any atom is -0.336 e. The van der Waals surface area contributed by atoms with Crippen molar-refractivity contribution in [1.82, 2.24) is 10.6 Å². The van der Waals surface area contributed by atoms with Crippen LogP contribution >= 0.6 is 11.6 Å². The number of sulfone groups is 1. The predicted molar refractivity (Wildman–Crippen MR) is 84.5 cm³/mol. The maximum atomic E-state index is 13.1. The molecule has 3 rings (SSSR count). The van der Waals surface area contributed by atoms with E-state index in [1.165, 1.54) is 0 Å². The van der Waals surface area contributed by atoms with Gasteiger partial charge in [-0.15, -0.1) is 0 Å². The van der Waals surface area contributed by atoms with E-state index < -0.39 is 32.5 Å². The summed E-state index contributed by atoms with van der Waals surface area (Å²) in [4.78, 5) is 12.0. The fourth-order valence-corrected chi connectivity index (χ4v) is 4.94. The second-order valence-corrected chi connectivity index (χ2v) is 8.73. The van der Waals surface area contributed by atoms with Crippen LogP contribution in [0.5, 0.6) is 0 Å². The molecule has 0 spiro atoms. The van der Waals surface area contributed by atoms with Gasteiger partial charge in [0.15, 0.2) is 9.84 Å². The second kappa shape index (κ2) is 5.99. The minimum atomic E-state index is -3.79. The van der Waals surface area contributed by atoms with Crippen molar-refractivity contribution in [1.29, 1.82) is 5.26 Å². The Kier molecular flexibility index (Phi) is 4.28. The number of carbonyl (C=O) groups excluding carboxylic acids is 1. The number of halogens is 2. The van der Waals surface area contributed by atoms with Gasteiger partial charge in [-0.25, -0.2) is 12.8 Å². The number of benzene rings is 1. The summed E-state index contributed by atoms with van der Waals surface area (Å²) < 4.78 is 38.4. The van der Waals surface area contributed by atoms with Gasteiger partial charge in [-0.2, -0.15) is 5.26 Å². The first kappa shape index (κ1) is 17.1. The highest BCUT2D eigenvalue weighted by Crippen LogP contribution is 2.35. The van der Waals surface area contributed by atoms with E-state index in [1.807, 2.05) is 0 Å². The Bertz CT molecular complexity index is 833. The zero-order valence-corrected chi connectivity index (χ0v) is 14.1. The van der Waals surface area contributed by atoms with Crippen molar-refractivity contribution >= 4 is 27.3 Å². The highest BCUT2D eigenvalue weighted by molar-refractivity contribution is 7.92. The van der Waals surface area contributed by atoms with Crippen LogP contribution in [0.15, 0.2) is 23.1 Å². The van der Waals surface area contributed by atoms with E-state index in [4.69, 9.17) is 16.9 Å². The monoisotopic (exact) mass is 371 g/mol. The Morgan fingerprint density at radius 2 is 2.17 bits per heavy atom. The first-order valence-electron chi connectivity index (χ1n) is 7.43. The molecule has 1 aromatic rings. The van der Waals surface area contributed by atoms with Crippen LogP contribution in [0.3, 0.4) is 0 Å². The summed E-state index contributed by atoms with van der Waals surface area (Å²) in [5.74, 6) is -0.996. The molecule has 2 fully saturated rings. The molecule has 2 aliphatic rings. The quantitative estimate of drug-likeness (QED) is 0.774. The number of hydrogen-bond acceptors (Lipinski definition) is 5. The Labute approximate surface area is 143 Å². The summed E-state index contributed by atoms with van der Waals surface area (Å²) in [6.07, 6.45) is 1.28. The Morgan fingerprint density at radius 3 is 2.75 bits per heavy atom. The zero-order valence-electron chi connectivity index (χ0n) is 12.6. The van der Waals surface area contributed by atoms with Gasteiger partial charge in [0.2, 0.25) is 5.91 Å². The van der Waals surface area contributed by atoms with E-state index in [2.05, 4.69) is 16.7 Å². The van der Waals surface area contributed by atoms with Crippen molar-refractivity contribution in [2.45, 2.75) is 41.0 Å². The van der Waals surface area contributed by atoms with E-state index in [0.29, 0.717) is 12.8 Å². The molecule has 9 heteroatoms. The van der Waals surface area contributed by atoms with Gasteiger partial charge in [-0.3, -0.25) is 4.79 Å². The van der Waals surface area contributed by atoms with Gasteiger partial charge in [0.25, 0.3) is 0 Å². The second-order valence-electron chi connectivity index (χ2n) is 6.12. The Balaban J connectivity index is 1.73. The van der Waals surface area contributed by atoms with E-state index in [1.54, 1.807) is 0 Å². The fourth-order valence-electron chi connectivity index (χ4n) is 2.74. The normalized spacial score (nSPS) is 25.0. The van der Waals surface area contributed by atoms with Crippen molar-refractivity contribution in [3.05, 3.63) is 29.0 Å². The molecule has 1 saturated carbocycles. The summed E-state index contributed by atoms with van der Waals surface area (Å²) >= 11 is 5.85. The lowest BCUT2D eigenvalue weighted by Crippen LogP contribution is -2.45. The highest BCUT2D eigenvalue weighted by atomic mass is 35.5. The summed E-state index contributed by atoms with van der Waals surface area (Å²) in [7, 11) is -3.79. The van der Waals surface area contributed by atoms with E-state index in [9.17, 15) is 17.6 Å². The lowest BCUT2D eigenvalue weighted by molar-refractivity contribution is -0.123. The lowest BCUT2D eigenvalue weighted by Gasteiger charge is -2.15. The Morgan fingerprint density at radius 1 is 1.46 bits per heavy atom. The molecule has 1 aliphatic heterocycles. The molecular formula is C15H15ClFN3O3S. The maximum absolute atomic E-state index is 13.1. The topological polar surface area (TPSA) is 99.1 Å². The number of nitriles is 1. The van der Waals surface area contributed by atoms with Gasteiger partial charge in [0, 0.05) is 6.54 Å². The SMILES string of the molecule is N#CC1(NC(=O)C2CC(S(=O)(=O)c3ccc(F)cc3Cl)CN2)CC1. The van der Waals surface area contributed by atoms with E-state index in [0.717, 1.165) is 18.2 Å². The molecule has 1 aromatic carbocycles. The molecule has 2 atom stereocenters. The molecule has 1 heterocycles. The summed E-state index contributed by atoms with van der Waals surface area (Å²) in [6.45, 7) is 0.0910. The molecule has 1 amide bonds. The fraction of sp³-hybridized carbons (Fsp3) is 0.467. The van der Waals surface area contributed by atoms with Crippen molar-refractivity contribution in [2.24, 2.45) is 0 Å². The largest absolute Gasteiger partial charge is 0.336 e. The molecular weight excluding hydrogens is 357 g/mol. The van der Waals surface area contributed by atoms with E-state index in [-0.39, 0.29) is 28.8 Å². The molecule has 1 saturated heterocycles. The third-order valence-electron chi connectivity index (χ3n) is 4.37. The smallest absolute Gasteiger partial charge is 0.238 e. The molecule has 2 unspecified atom stereocenters. The molecule has 6 nitrogen and oxygen atoms in total. The van der Waals surface area contributed by atoms with Crippen molar-refractivity contribution in [3.63, 3.8) is 0 Å². The Hall–Kier alpha value is -1.69. The minimum absolute atomic E-state index is 0.0728. The summed E-state index contributed by atoms with van der Waals surface area (Å²) in [6, 6.07) is 4.49. The van der Waals surface area contributed by atoms with Gasteiger partial charge < -0.3 is 10.6 Å². The number of rotatable bonds is 4. The third kappa shape index (κ3) is 3.11. The van der Waals surface area contributed by atoms with Crippen LogP contribution in [-0.4, -0.2) is 37.7 Å². The molecule has 24 heavy (non-hydrogen) atoms. The van der Waals surface area contributed by atoms with Crippen LogP contribution in [0.4, 0.5) is 4.39 Å². The summed E-state index contributed by atoms with van der Waals surface area (Å²) in [5, 5.41) is 13.5. The lowest BCUT2D eigenvalue weighted by atomic mass is 10.2. The van der Waals surface area contributed by atoms with Crippen LogP contribution in [0.1, 0.15) is 19.3 Å². The number of nitrogens with one attached hydrogen (secondary N) is 2. The van der Waals surface area contributed by atoms with Crippen molar-refractivity contribution in [2.75, 3.05) is 6.54 Å². The predicted octanol–water partition coefficient (Wildman–Crippen LogP) is 1.16. The first-order chi connectivity index (χ1) is 11.3. The average Bonchev–Trinajstić information content (AvgIpc) is 3.10. The maximum Gasteiger partial charge on any atom is 0.238 e. The number of nitrogens with zero attached hydrogens (tertiary/aromatic N) is 1. The molecule has 0 radical (unpaired) electrons. The van der Waals surface area contributed by atoms with Crippen LogP contribution in [0, 0.1) is 17.1 Å². The van der Waals surface area contributed by atoms with Gasteiger partial charge in [-0.05, 0) is 37.5 Å². The molecule has 0 aromatic heterocycles. The van der Waals surface area contributed by atoms with E-state index >= 15 is 0 Å². The van der Waals surface area contributed by atoms with Gasteiger partial charge in [0.05, 0.1) is 27.3 Å². The van der Waals surface area contributed by atoms with Gasteiger partial charge >= 0.3 is 0 Å².